The Bertz CT molecular complexity index is 479. The second-order valence-corrected chi connectivity index (χ2v) is 16.6. The molecule has 0 spiro atoms. The number of aliphatic carboxylic acids is 1. The van der Waals surface area contributed by atoms with E-state index in [0.29, 0.717) is 12.8 Å². The van der Waals surface area contributed by atoms with Crippen molar-refractivity contribution < 1.29 is 19.2 Å². The summed E-state index contributed by atoms with van der Waals surface area (Å²) in [6.07, 6.45) is 24.8. The van der Waals surface area contributed by atoms with Crippen molar-refractivity contribution in [1.82, 2.24) is 0 Å². The molecule has 0 rings (SSSR count). The Morgan fingerprint density at radius 2 is 0.788 bits per heavy atom. The monoisotopic (exact) mass is 488 g/mol. The molecule has 0 saturated heterocycles. The van der Waals surface area contributed by atoms with Crippen molar-refractivity contribution in [3.8, 4) is 0 Å². The fourth-order valence-corrected chi connectivity index (χ4v) is 8.82. The quantitative estimate of drug-likeness (QED) is 0.109. The minimum atomic E-state index is -2.27. The number of carbonyl (C=O) groups is 2. The Labute approximate surface area is 206 Å². The maximum atomic E-state index is 12.5. The van der Waals surface area contributed by atoms with Crippen LogP contribution >= 0.6 is 6.83 Å². The van der Waals surface area contributed by atoms with Crippen LogP contribution in [0.3, 0.4) is 0 Å². The van der Waals surface area contributed by atoms with E-state index in [-0.39, 0.29) is 5.97 Å². The third kappa shape index (κ3) is 15.1. The number of hydrogen-bond donors (Lipinski definition) is 1. The predicted molar refractivity (Wildman–Crippen MR) is 146 cm³/mol. The SMILES string of the molecule is CCP(CC)(CC)(CC)OC(=O)CCCCCCCCCCCCCCCCCCC(=O)O. The van der Waals surface area contributed by atoms with Gasteiger partial charge in [0.05, 0.1) is 0 Å². The average Bonchev–Trinajstić information content (AvgIpc) is 2.82. The molecule has 0 atom stereocenters. The smallest absolute Gasteiger partial charge is 0.481 e. The van der Waals surface area contributed by atoms with Crippen molar-refractivity contribution in [2.24, 2.45) is 0 Å². The second-order valence-electron chi connectivity index (χ2n) is 10.1. The molecule has 0 aromatic heterocycles. The molecule has 0 aliphatic rings. The molecule has 4 nitrogen and oxygen atoms in total. The molecule has 5 heteroatoms. The van der Waals surface area contributed by atoms with Crippen LogP contribution in [0, 0.1) is 0 Å². The summed E-state index contributed by atoms with van der Waals surface area (Å²) in [5, 5.41) is 8.61. The Morgan fingerprint density at radius 1 is 0.515 bits per heavy atom. The summed E-state index contributed by atoms with van der Waals surface area (Å²) in [4.78, 5) is 22.9. The molecule has 0 saturated carbocycles. The van der Waals surface area contributed by atoms with Gasteiger partial charge in [0.1, 0.15) is 0 Å². The van der Waals surface area contributed by atoms with Gasteiger partial charge in [-0.1, -0.05) is 38.5 Å². The molecule has 0 radical (unpaired) electrons. The van der Waals surface area contributed by atoms with Gasteiger partial charge in [0.15, 0.2) is 0 Å². The standard InChI is InChI=1S/C28H57O4P/c1-5-33(6-2,7-3,8-4)32-28(31)26-24-22-20-18-16-14-12-10-9-11-13-15-17-19-21-23-25-27(29)30/h5-26H2,1-4H3,(H,29,30). The van der Waals surface area contributed by atoms with E-state index in [0.717, 1.165) is 50.3 Å². The first-order valence-electron chi connectivity index (χ1n) is 14.3. The van der Waals surface area contributed by atoms with Crippen molar-refractivity contribution in [3.63, 3.8) is 0 Å². The number of carbonyl (C=O) groups excluding carboxylic acids is 1. The van der Waals surface area contributed by atoms with Crippen LogP contribution < -0.4 is 0 Å². The Kier molecular flexibility index (Phi) is 19.3. The zero-order valence-corrected chi connectivity index (χ0v) is 23.6. The number of unbranched alkanes of at least 4 members (excludes halogenated alkanes) is 15. The molecule has 0 amide bonds. The van der Waals surface area contributed by atoms with E-state index in [2.05, 4.69) is 27.7 Å². The van der Waals surface area contributed by atoms with Crippen LogP contribution in [0.2, 0.25) is 0 Å². The topological polar surface area (TPSA) is 63.6 Å². The zero-order chi connectivity index (χ0) is 24.9. The summed E-state index contributed by atoms with van der Waals surface area (Å²) < 4.78 is 6.23. The van der Waals surface area contributed by atoms with E-state index in [1.165, 1.54) is 77.0 Å². The summed E-state index contributed by atoms with van der Waals surface area (Å²) in [6.45, 7) is 6.56. The van der Waals surface area contributed by atoms with Crippen LogP contribution in [0.5, 0.6) is 0 Å². The molecule has 1 N–H and O–H groups in total. The first-order valence-corrected chi connectivity index (χ1v) is 17.2. The van der Waals surface area contributed by atoms with Gasteiger partial charge in [-0.25, -0.2) is 0 Å². The molecule has 0 bridgehead atoms. The summed E-state index contributed by atoms with van der Waals surface area (Å²) in [5.74, 6) is -0.612. The average molecular weight is 489 g/mol. The van der Waals surface area contributed by atoms with E-state index in [9.17, 15) is 9.59 Å². The van der Waals surface area contributed by atoms with Crippen LogP contribution in [0.15, 0.2) is 0 Å². The third-order valence-electron chi connectivity index (χ3n) is 8.08. The van der Waals surface area contributed by atoms with Gasteiger partial charge in [0.25, 0.3) is 0 Å². The summed E-state index contributed by atoms with van der Waals surface area (Å²) in [6, 6.07) is 0. The van der Waals surface area contributed by atoms with E-state index in [4.69, 9.17) is 9.63 Å². The van der Waals surface area contributed by atoms with Crippen molar-refractivity contribution >= 4 is 18.8 Å². The van der Waals surface area contributed by atoms with Crippen LogP contribution in [0.4, 0.5) is 0 Å². The van der Waals surface area contributed by atoms with Gasteiger partial charge in [-0.15, -0.1) is 0 Å². The molecule has 0 heterocycles. The predicted octanol–water partition coefficient (Wildman–Crippen LogP) is 9.18. The number of carboxylic acid groups (broad SMARTS) is 1. The molecule has 198 valence electrons. The van der Waals surface area contributed by atoms with E-state index >= 15 is 0 Å². The maximum absolute atomic E-state index is 12.5. The molecule has 0 unspecified atom stereocenters. The summed E-state index contributed by atoms with van der Waals surface area (Å²) >= 11 is 0. The van der Waals surface area contributed by atoms with Crippen molar-refractivity contribution in [3.05, 3.63) is 0 Å². The Balaban J connectivity index is 3.50. The van der Waals surface area contributed by atoms with Gasteiger partial charge in [-0.2, -0.15) is 0 Å². The summed E-state index contributed by atoms with van der Waals surface area (Å²) in [7, 11) is 0. The van der Waals surface area contributed by atoms with E-state index in [1.54, 1.807) is 0 Å². The van der Waals surface area contributed by atoms with Crippen molar-refractivity contribution in [2.45, 2.75) is 143 Å². The normalized spacial score (nSPS) is 12.9. The van der Waals surface area contributed by atoms with Crippen LogP contribution in [-0.2, 0) is 14.1 Å². The Hall–Kier alpha value is -0.630. The fraction of sp³-hybridized carbons (Fsp3) is 0.929. The minimum Gasteiger partial charge on any atom is -0.481 e. The van der Waals surface area contributed by atoms with Gasteiger partial charge >= 0.3 is 145 Å². The fourth-order valence-electron chi connectivity index (χ4n) is 4.95. The molecule has 0 aliphatic heterocycles. The number of carboxylic acids is 1. The van der Waals surface area contributed by atoms with E-state index < -0.39 is 12.8 Å². The van der Waals surface area contributed by atoms with Crippen LogP contribution in [0.1, 0.15) is 143 Å². The third-order valence-corrected chi connectivity index (χ3v) is 15.2. The molecule has 0 aromatic carbocycles. The zero-order valence-electron chi connectivity index (χ0n) is 22.7. The molecule has 0 aromatic rings. The van der Waals surface area contributed by atoms with Crippen molar-refractivity contribution in [1.29, 1.82) is 0 Å². The number of rotatable bonds is 24. The summed E-state index contributed by atoms with van der Waals surface area (Å²) in [5.41, 5.74) is 0. The number of hydrogen-bond acceptors (Lipinski definition) is 3. The van der Waals surface area contributed by atoms with Crippen LogP contribution in [0.25, 0.3) is 0 Å². The van der Waals surface area contributed by atoms with E-state index in [1.807, 2.05) is 0 Å². The minimum absolute atomic E-state index is 0.0539. The molecule has 0 aliphatic carbocycles. The molecular weight excluding hydrogens is 431 g/mol. The first-order chi connectivity index (χ1) is 15.9. The van der Waals surface area contributed by atoms with Crippen molar-refractivity contribution in [2.75, 3.05) is 24.6 Å². The van der Waals surface area contributed by atoms with Gasteiger partial charge < -0.3 is 5.11 Å². The Morgan fingerprint density at radius 3 is 1.06 bits per heavy atom. The van der Waals surface area contributed by atoms with Gasteiger partial charge in [-0.3, -0.25) is 4.79 Å². The molecule has 0 fully saturated rings. The van der Waals surface area contributed by atoms with Gasteiger partial charge in [0.2, 0.25) is 0 Å². The second kappa shape index (κ2) is 19.7. The van der Waals surface area contributed by atoms with Gasteiger partial charge in [0, 0.05) is 6.42 Å². The first kappa shape index (κ1) is 32.4. The molecular formula is C28H57O4P. The van der Waals surface area contributed by atoms with Gasteiger partial charge in [-0.05, 0) is 6.42 Å². The van der Waals surface area contributed by atoms with Crippen LogP contribution in [-0.4, -0.2) is 41.7 Å². The molecule has 33 heavy (non-hydrogen) atoms.